The topological polar surface area (TPSA) is 113 Å². The van der Waals surface area contributed by atoms with Crippen molar-refractivity contribution < 1.29 is 28.6 Å². The molecule has 0 radical (unpaired) electrons. The number of aliphatic hydroxyl groups excluding tert-OH is 1. The van der Waals surface area contributed by atoms with E-state index in [-0.39, 0.29) is 46.8 Å². The van der Waals surface area contributed by atoms with Crippen molar-refractivity contribution in [3.63, 3.8) is 0 Å². The van der Waals surface area contributed by atoms with Gasteiger partial charge in [-0.3, -0.25) is 9.59 Å². The number of hydrogen-bond acceptors (Lipinski definition) is 5. The van der Waals surface area contributed by atoms with Crippen LogP contribution < -0.4 is 14.8 Å². The van der Waals surface area contributed by atoms with Crippen LogP contribution in [0.15, 0.2) is 59.7 Å². The Labute approximate surface area is 222 Å². The van der Waals surface area contributed by atoms with E-state index in [9.17, 15) is 19.1 Å². The average molecular weight is 536 g/mol. The Morgan fingerprint density at radius 3 is 2.66 bits per heavy atom. The SMILES string of the molecule is CNC(=O)c1ccc(-c2cc3c(c(C(=O)N=C(CO)Cc4c[nH]c5cc(F)ccc45)c2)OCCO3)cc1Cl. The van der Waals surface area contributed by atoms with Gasteiger partial charge in [-0.1, -0.05) is 17.7 Å². The summed E-state index contributed by atoms with van der Waals surface area (Å²) in [5.74, 6) is -0.652. The monoisotopic (exact) mass is 535 g/mol. The second-order valence-corrected chi connectivity index (χ2v) is 9.05. The largest absolute Gasteiger partial charge is 0.486 e. The van der Waals surface area contributed by atoms with Crippen molar-refractivity contribution >= 4 is 40.0 Å². The molecule has 0 spiro atoms. The maximum Gasteiger partial charge on any atom is 0.280 e. The van der Waals surface area contributed by atoms with Gasteiger partial charge in [0.1, 0.15) is 19.0 Å². The number of aromatic amines is 1. The number of benzene rings is 3. The van der Waals surface area contributed by atoms with Crippen LogP contribution >= 0.6 is 11.6 Å². The van der Waals surface area contributed by atoms with Crippen LogP contribution in [0, 0.1) is 5.82 Å². The fraction of sp³-hybridized carbons (Fsp3) is 0.179. The van der Waals surface area contributed by atoms with Gasteiger partial charge in [-0.15, -0.1) is 0 Å². The summed E-state index contributed by atoms with van der Waals surface area (Å²) in [5.41, 5.74) is 3.36. The zero-order valence-corrected chi connectivity index (χ0v) is 21.1. The zero-order valence-electron chi connectivity index (χ0n) is 20.3. The lowest BCUT2D eigenvalue weighted by atomic mass is 9.99. The first-order valence-electron chi connectivity index (χ1n) is 11.8. The summed E-state index contributed by atoms with van der Waals surface area (Å²) in [6, 6.07) is 12.7. The molecule has 0 unspecified atom stereocenters. The molecule has 1 aliphatic heterocycles. The molecular weight excluding hydrogens is 513 g/mol. The Morgan fingerprint density at radius 2 is 1.89 bits per heavy atom. The van der Waals surface area contributed by atoms with E-state index in [2.05, 4.69) is 15.3 Å². The summed E-state index contributed by atoms with van der Waals surface area (Å²) in [6.07, 6.45) is 1.88. The Balaban J connectivity index is 1.51. The third kappa shape index (κ3) is 4.98. The smallest absolute Gasteiger partial charge is 0.280 e. The second-order valence-electron chi connectivity index (χ2n) is 8.64. The molecule has 0 bridgehead atoms. The highest BCUT2D eigenvalue weighted by Gasteiger charge is 2.24. The van der Waals surface area contributed by atoms with Gasteiger partial charge in [0.15, 0.2) is 11.5 Å². The number of amides is 2. The Hall–Kier alpha value is -4.21. The number of aliphatic hydroxyl groups is 1. The number of hydrogen-bond donors (Lipinski definition) is 3. The summed E-state index contributed by atoms with van der Waals surface area (Å²) in [4.78, 5) is 32.6. The molecule has 4 aromatic rings. The molecule has 194 valence electrons. The van der Waals surface area contributed by atoms with E-state index in [4.69, 9.17) is 21.1 Å². The highest BCUT2D eigenvalue weighted by Crippen LogP contribution is 2.39. The predicted octanol–water partition coefficient (Wildman–Crippen LogP) is 4.57. The van der Waals surface area contributed by atoms with Crippen molar-refractivity contribution in [2.45, 2.75) is 6.42 Å². The fourth-order valence-corrected chi connectivity index (χ4v) is 4.62. The van der Waals surface area contributed by atoms with E-state index >= 15 is 0 Å². The van der Waals surface area contributed by atoms with Gasteiger partial charge in [-0.25, -0.2) is 9.38 Å². The molecule has 0 fully saturated rings. The van der Waals surface area contributed by atoms with Crippen molar-refractivity contribution in [3.05, 3.63) is 82.3 Å². The number of rotatable bonds is 6. The molecule has 8 nitrogen and oxygen atoms in total. The number of aromatic nitrogens is 1. The third-order valence-electron chi connectivity index (χ3n) is 6.21. The number of ether oxygens (including phenoxy) is 2. The third-order valence-corrected chi connectivity index (χ3v) is 6.53. The summed E-state index contributed by atoms with van der Waals surface area (Å²) in [7, 11) is 1.52. The van der Waals surface area contributed by atoms with Crippen molar-refractivity contribution in [1.82, 2.24) is 10.3 Å². The van der Waals surface area contributed by atoms with Crippen LogP contribution in [0.2, 0.25) is 5.02 Å². The van der Waals surface area contributed by atoms with Gasteiger partial charge in [0.05, 0.1) is 28.5 Å². The maximum atomic E-state index is 13.5. The molecular formula is C28H23ClFN3O5. The average Bonchev–Trinajstić information content (AvgIpc) is 3.32. The van der Waals surface area contributed by atoms with Gasteiger partial charge in [0.25, 0.3) is 11.8 Å². The van der Waals surface area contributed by atoms with Crippen molar-refractivity contribution in [3.8, 4) is 22.6 Å². The van der Waals surface area contributed by atoms with Gasteiger partial charge >= 0.3 is 0 Å². The lowest BCUT2D eigenvalue weighted by Crippen LogP contribution is -2.19. The van der Waals surface area contributed by atoms with Crippen LogP contribution in [0.4, 0.5) is 4.39 Å². The minimum absolute atomic E-state index is 0.163. The molecule has 3 aromatic carbocycles. The van der Waals surface area contributed by atoms with Crippen LogP contribution in [-0.2, 0) is 6.42 Å². The number of carbonyl (C=O) groups is 2. The molecule has 10 heteroatoms. The summed E-state index contributed by atoms with van der Waals surface area (Å²) in [5, 5.41) is 13.5. The zero-order chi connectivity index (χ0) is 26.8. The number of fused-ring (bicyclic) bond motifs is 2. The van der Waals surface area contributed by atoms with Crippen LogP contribution in [0.5, 0.6) is 11.5 Å². The van der Waals surface area contributed by atoms with Crippen molar-refractivity contribution in [2.75, 3.05) is 26.9 Å². The van der Waals surface area contributed by atoms with Crippen LogP contribution in [-0.4, -0.2) is 54.5 Å². The number of nitrogens with one attached hydrogen (secondary N) is 2. The van der Waals surface area contributed by atoms with E-state index in [0.717, 1.165) is 10.9 Å². The fourth-order valence-electron chi connectivity index (χ4n) is 4.35. The quantitative estimate of drug-likeness (QED) is 0.313. The minimum atomic E-state index is -0.614. The molecule has 38 heavy (non-hydrogen) atoms. The lowest BCUT2D eigenvalue weighted by molar-refractivity contribution is 0.0961. The molecule has 1 aromatic heterocycles. The second kappa shape index (κ2) is 10.6. The number of aliphatic imine (C=N–C) groups is 1. The highest BCUT2D eigenvalue weighted by atomic mass is 35.5. The molecule has 1 aliphatic rings. The van der Waals surface area contributed by atoms with E-state index in [0.29, 0.717) is 34.6 Å². The van der Waals surface area contributed by atoms with Crippen molar-refractivity contribution in [1.29, 1.82) is 0 Å². The molecule has 2 amide bonds. The van der Waals surface area contributed by atoms with Gasteiger partial charge in [0.2, 0.25) is 0 Å². The Morgan fingerprint density at radius 1 is 1.08 bits per heavy atom. The highest BCUT2D eigenvalue weighted by molar-refractivity contribution is 6.34. The predicted molar refractivity (Wildman–Crippen MR) is 142 cm³/mol. The van der Waals surface area contributed by atoms with Gasteiger partial charge in [-0.05, 0) is 59.2 Å². The minimum Gasteiger partial charge on any atom is -0.486 e. The molecule has 0 saturated heterocycles. The lowest BCUT2D eigenvalue weighted by Gasteiger charge is -2.21. The van der Waals surface area contributed by atoms with Crippen LogP contribution in [0.25, 0.3) is 22.0 Å². The number of nitrogens with zero attached hydrogens (tertiary/aromatic N) is 1. The number of H-pyrrole nitrogens is 1. The standard InChI is InChI=1S/C28H23ClFN3O5/c1-31-27(35)21-4-2-15(10-23(21)29)16-9-22(26-25(11-16)37-6-7-38-26)28(36)33-19(14-34)8-17-13-32-24-12-18(30)3-5-20(17)24/h2-5,9-13,32,34H,6-8,14H2,1H3,(H,31,35). The molecule has 5 rings (SSSR count). The van der Waals surface area contributed by atoms with Gasteiger partial charge in [-0.2, -0.15) is 0 Å². The van der Waals surface area contributed by atoms with Crippen molar-refractivity contribution in [2.24, 2.45) is 4.99 Å². The summed E-state index contributed by atoms with van der Waals surface area (Å²) >= 11 is 6.35. The summed E-state index contributed by atoms with van der Waals surface area (Å²) in [6.45, 7) is 0.129. The Kier molecular flexibility index (Phi) is 7.13. The molecule has 0 aliphatic carbocycles. The Bertz CT molecular complexity index is 1600. The first-order valence-corrected chi connectivity index (χ1v) is 12.2. The molecule has 0 saturated carbocycles. The van der Waals surface area contributed by atoms with Gasteiger partial charge in [0, 0.05) is 30.6 Å². The number of carbonyl (C=O) groups excluding carboxylic acids is 2. The van der Waals surface area contributed by atoms with Crippen LogP contribution in [0.3, 0.4) is 0 Å². The summed E-state index contributed by atoms with van der Waals surface area (Å²) < 4.78 is 25.0. The normalized spacial score (nSPS) is 13.0. The van der Waals surface area contributed by atoms with E-state index in [1.54, 1.807) is 42.6 Å². The molecule has 0 atom stereocenters. The van der Waals surface area contributed by atoms with E-state index < -0.39 is 12.5 Å². The maximum absolute atomic E-state index is 13.5. The first-order chi connectivity index (χ1) is 18.4. The molecule has 2 heterocycles. The van der Waals surface area contributed by atoms with E-state index in [1.807, 2.05) is 0 Å². The van der Waals surface area contributed by atoms with E-state index in [1.165, 1.54) is 19.2 Å². The number of halogens is 2. The first kappa shape index (κ1) is 25.4. The van der Waals surface area contributed by atoms with Crippen LogP contribution in [0.1, 0.15) is 26.3 Å². The van der Waals surface area contributed by atoms with Gasteiger partial charge < -0.3 is 24.9 Å². The molecule has 3 N–H and O–H groups in total.